The van der Waals surface area contributed by atoms with E-state index >= 15 is 0 Å². The number of nitro benzene ring substituents is 1. The van der Waals surface area contributed by atoms with Crippen LogP contribution in [0.5, 0.6) is 5.75 Å². The summed E-state index contributed by atoms with van der Waals surface area (Å²) in [6.07, 6.45) is 8.59. The Morgan fingerprint density at radius 3 is 2.54 bits per heavy atom. The fourth-order valence-corrected chi connectivity index (χ4v) is 9.59. The third kappa shape index (κ3) is 4.60. The molecule has 37 heavy (non-hydrogen) atoms. The SMILES string of the molecule is CC(CCC(=O)Oc1ccccc1[N+](=O)[O-])C1CCC2C3C(O)CC4CC(O)CCC4(C)C3CCC12C. The Hall–Kier alpha value is -1.99. The minimum atomic E-state index is -0.529. The predicted octanol–water partition coefficient (Wildman–Crippen LogP) is 5.91. The summed E-state index contributed by atoms with van der Waals surface area (Å²) in [6.45, 7) is 7.10. The van der Waals surface area contributed by atoms with Gasteiger partial charge in [0.2, 0.25) is 5.75 Å². The molecule has 0 aromatic heterocycles. The van der Waals surface area contributed by atoms with Crippen molar-refractivity contribution in [1.29, 1.82) is 0 Å². The highest BCUT2D eigenvalue weighted by Crippen LogP contribution is 2.68. The number of aliphatic hydroxyl groups excluding tert-OH is 2. The zero-order valence-electron chi connectivity index (χ0n) is 22.5. The Morgan fingerprint density at radius 1 is 1.08 bits per heavy atom. The van der Waals surface area contributed by atoms with E-state index in [0.717, 1.165) is 51.4 Å². The van der Waals surface area contributed by atoms with Gasteiger partial charge < -0.3 is 14.9 Å². The van der Waals surface area contributed by atoms with Crippen LogP contribution < -0.4 is 4.74 Å². The fourth-order valence-electron chi connectivity index (χ4n) is 9.59. The largest absolute Gasteiger partial charge is 0.419 e. The molecule has 4 saturated carbocycles. The molecule has 4 aliphatic carbocycles. The summed E-state index contributed by atoms with van der Waals surface area (Å²) in [5.74, 6) is 2.17. The summed E-state index contributed by atoms with van der Waals surface area (Å²) in [5.41, 5.74) is 0.181. The monoisotopic (exact) mass is 513 g/mol. The van der Waals surface area contributed by atoms with Gasteiger partial charge in [0, 0.05) is 12.5 Å². The quantitative estimate of drug-likeness (QED) is 0.212. The number of nitrogens with zero attached hydrogens (tertiary/aromatic N) is 1. The van der Waals surface area contributed by atoms with Crippen LogP contribution in [0.3, 0.4) is 0 Å². The van der Waals surface area contributed by atoms with Crippen LogP contribution >= 0.6 is 0 Å². The highest BCUT2D eigenvalue weighted by Gasteiger charge is 2.62. The maximum Gasteiger partial charge on any atom is 0.311 e. The van der Waals surface area contributed by atoms with Crippen molar-refractivity contribution in [3.63, 3.8) is 0 Å². The van der Waals surface area contributed by atoms with Crippen molar-refractivity contribution in [1.82, 2.24) is 0 Å². The number of benzene rings is 1. The molecular weight excluding hydrogens is 470 g/mol. The summed E-state index contributed by atoms with van der Waals surface area (Å²) >= 11 is 0. The summed E-state index contributed by atoms with van der Waals surface area (Å²) < 4.78 is 5.37. The van der Waals surface area contributed by atoms with Crippen LogP contribution in [0, 0.1) is 56.5 Å². The molecule has 5 rings (SSSR count). The first kappa shape index (κ1) is 26.6. The summed E-state index contributed by atoms with van der Waals surface area (Å²) in [7, 11) is 0. The second-order valence-electron chi connectivity index (χ2n) is 13.2. The summed E-state index contributed by atoms with van der Waals surface area (Å²) in [5, 5.41) is 32.9. The molecule has 2 N–H and O–H groups in total. The Morgan fingerprint density at radius 2 is 1.78 bits per heavy atom. The third-order valence-corrected chi connectivity index (χ3v) is 11.5. The molecule has 204 valence electrons. The number of hydrogen-bond donors (Lipinski definition) is 2. The predicted molar refractivity (Wildman–Crippen MR) is 140 cm³/mol. The standard InChI is InChI=1S/C30H43NO6/c1-18(8-11-27(34)37-26-7-5-4-6-24(26)31(35)36)21-9-10-22-28-23(13-15-30(21,22)3)29(2)14-12-20(32)16-19(29)17-25(28)33/h4-7,18-23,25,28,32-33H,8-17H2,1-3H3. The van der Waals surface area contributed by atoms with Gasteiger partial charge in [0.15, 0.2) is 0 Å². The maximum absolute atomic E-state index is 12.6. The van der Waals surface area contributed by atoms with Gasteiger partial charge >= 0.3 is 11.7 Å². The van der Waals surface area contributed by atoms with E-state index in [1.165, 1.54) is 12.1 Å². The average Bonchev–Trinajstić information content (AvgIpc) is 3.21. The van der Waals surface area contributed by atoms with Crippen molar-refractivity contribution in [2.24, 2.45) is 46.3 Å². The van der Waals surface area contributed by atoms with Gasteiger partial charge in [-0.05, 0) is 110 Å². The summed E-state index contributed by atoms with van der Waals surface area (Å²) in [6, 6.07) is 6.00. The van der Waals surface area contributed by atoms with Crippen molar-refractivity contribution in [3.05, 3.63) is 34.4 Å². The molecule has 0 radical (unpaired) electrons. The molecule has 0 amide bonds. The lowest BCUT2D eigenvalue weighted by atomic mass is 9.43. The molecule has 0 saturated heterocycles. The number of carbonyl (C=O) groups excluding carboxylic acids is 1. The van der Waals surface area contributed by atoms with Gasteiger partial charge in [-0.2, -0.15) is 0 Å². The molecule has 7 nitrogen and oxygen atoms in total. The van der Waals surface area contributed by atoms with E-state index in [2.05, 4.69) is 20.8 Å². The first-order valence-corrected chi connectivity index (χ1v) is 14.3. The number of esters is 1. The molecular formula is C30H43NO6. The number of para-hydroxylation sites is 2. The Bertz CT molecular complexity index is 1030. The second-order valence-corrected chi connectivity index (χ2v) is 13.2. The molecule has 7 heteroatoms. The van der Waals surface area contributed by atoms with Gasteiger partial charge in [0.1, 0.15) is 0 Å². The first-order valence-electron chi connectivity index (χ1n) is 14.3. The van der Waals surface area contributed by atoms with Crippen molar-refractivity contribution in [2.75, 3.05) is 0 Å². The van der Waals surface area contributed by atoms with Gasteiger partial charge in [-0.25, -0.2) is 0 Å². The smallest absolute Gasteiger partial charge is 0.311 e. The van der Waals surface area contributed by atoms with Crippen molar-refractivity contribution in [3.8, 4) is 5.75 Å². The third-order valence-electron chi connectivity index (χ3n) is 11.5. The van der Waals surface area contributed by atoms with Crippen molar-refractivity contribution < 1.29 is 24.7 Å². The van der Waals surface area contributed by atoms with Crippen LogP contribution in [0.2, 0.25) is 0 Å². The lowest BCUT2D eigenvalue weighted by Crippen LogP contribution is -2.58. The molecule has 0 heterocycles. The molecule has 1 aromatic rings. The second kappa shape index (κ2) is 9.96. The molecule has 4 fully saturated rings. The van der Waals surface area contributed by atoms with E-state index in [1.807, 2.05) is 0 Å². The number of aliphatic hydroxyl groups is 2. The molecule has 10 atom stereocenters. The number of ether oxygens (including phenoxy) is 1. The topological polar surface area (TPSA) is 110 Å². The Labute approximate surface area is 220 Å². The van der Waals surface area contributed by atoms with E-state index in [0.29, 0.717) is 41.9 Å². The van der Waals surface area contributed by atoms with Gasteiger partial charge in [0.25, 0.3) is 0 Å². The molecule has 0 bridgehead atoms. The van der Waals surface area contributed by atoms with Crippen molar-refractivity contribution in [2.45, 2.75) is 97.2 Å². The van der Waals surface area contributed by atoms with E-state index < -0.39 is 10.9 Å². The van der Waals surface area contributed by atoms with E-state index in [1.54, 1.807) is 12.1 Å². The number of rotatable bonds is 6. The van der Waals surface area contributed by atoms with Crippen LogP contribution in [0.25, 0.3) is 0 Å². The van der Waals surface area contributed by atoms with Crippen LogP contribution in [-0.2, 0) is 4.79 Å². The maximum atomic E-state index is 12.6. The number of fused-ring (bicyclic) bond motifs is 5. The lowest BCUT2D eigenvalue weighted by molar-refractivity contribution is -0.385. The number of nitro groups is 1. The summed E-state index contributed by atoms with van der Waals surface area (Å²) in [4.78, 5) is 23.3. The normalized spacial score (nSPS) is 41.7. The minimum absolute atomic E-state index is 0.00434. The Balaban J connectivity index is 1.24. The van der Waals surface area contributed by atoms with E-state index in [9.17, 15) is 25.1 Å². The Kier molecular flexibility index (Phi) is 7.16. The molecule has 0 spiro atoms. The average molecular weight is 514 g/mol. The van der Waals surface area contributed by atoms with Gasteiger partial charge in [-0.3, -0.25) is 14.9 Å². The zero-order valence-corrected chi connectivity index (χ0v) is 22.5. The highest BCUT2D eigenvalue weighted by molar-refractivity contribution is 5.73. The molecule has 1 aromatic carbocycles. The minimum Gasteiger partial charge on any atom is -0.419 e. The van der Waals surface area contributed by atoms with E-state index in [-0.39, 0.29) is 40.9 Å². The molecule has 0 aliphatic heterocycles. The molecule has 10 unspecified atom stereocenters. The zero-order chi connectivity index (χ0) is 26.5. The van der Waals surface area contributed by atoms with Gasteiger partial charge in [-0.15, -0.1) is 0 Å². The van der Waals surface area contributed by atoms with Crippen molar-refractivity contribution >= 4 is 11.7 Å². The van der Waals surface area contributed by atoms with Crippen LogP contribution in [0.15, 0.2) is 24.3 Å². The van der Waals surface area contributed by atoms with Crippen LogP contribution in [0.4, 0.5) is 5.69 Å². The van der Waals surface area contributed by atoms with Gasteiger partial charge in [-0.1, -0.05) is 32.9 Å². The molecule has 4 aliphatic rings. The first-order chi connectivity index (χ1) is 17.5. The van der Waals surface area contributed by atoms with E-state index in [4.69, 9.17) is 4.74 Å². The fraction of sp³-hybridized carbons (Fsp3) is 0.767. The number of hydrogen-bond acceptors (Lipinski definition) is 6. The lowest BCUT2D eigenvalue weighted by Gasteiger charge is -2.62. The van der Waals surface area contributed by atoms with Gasteiger partial charge in [0.05, 0.1) is 17.1 Å². The highest BCUT2D eigenvalue weighted by atomic mass is 16.6. The van der Waals surface area contributed by atoms with Crippen LogP contribution in [-0.4, -0.2) is 33.3 Å². The van der Waals surface area contributed by atoms with Crippen LogP contribution in [0.1, 0.15) is 85.0 Å². The number of carbonyl (C=O) groups is 1.